The van der Waals surface area contributed by atoms with Crippen LogP contribution in [0.2, 0.25) is 0 Å². The third kappa shape index (κ3) is 2.13. The zero-order valence-electron chi connectivity index (χ0n) is 10.2. The van der Waals surface area contributed by atoms with Crippen molar-refractivity contribution in [2.45, 2.75) is 19.4 Å². The summed E-state index contributed by atoms with van der Waals surface area (Å²) in [5.41, 5.74) is 6.48. The highest BCUT2D eigenvalue weighted by Crippen LogP contribution is 2.17. The minimum Gasteiger partial charge on any atom is -0.397 e. The number of rotatable bonds is 2. The van der Waals surface area contributed by atoms with E-state index in [0.717, 1.165) is 0 Å². The molecule has 2 amide bonds. The van der Waals surface area contributed by atoms with E-state index in [1.165, 1.54) is 12.4 Å². The molecule has 1 unspecified atom stereocenters. The molecule has 6 nitrogen and oxygen atoms in total. The quantitative estimate of drug-likeness (QED) is 0.772. The first-order valence-electron chi connectivity index (χ1n) is 5.93. The minimum atomic E-state index is -0.418. The van der Waals surface area contributed by atoms with Crippen LogP contribution in [0.1, 0.15) is 23.7 Å². The number of amides is 2. The van der Waals surface area contributed by atoms with Crippen molar-refractivity contribution in [2.24, 2.45) is 0 Å². The highest BCUT2D eigenvalue weighted by molar-refractivity contribution is 6.01. The van der Waals surface area contributed by atoms with E-state index in [2.05, 4.69) is 10.3 Å². The van der Waals surface area contributed by atoms with Crippen LogP contribution in [-0.4, -0.2) is 40.8 Å². The number of hydrogen-bond donors (Lipinski definition) is 2. The average molecular weight is 248 g/mol. The fourth-order valence-corrected chi connectivity index (χ4v) is 2.12. The molecule has 0 radical (unpaired) electrons. The Morgan fingerprint density at radius 3 is 3.11 bits per heavy atom. The fourth-order valence-electron chi connectivity index (χ4n) is 2.12. The molecule has 1 aliphatic rings. The molecule has 18 heavy (non-hydrogen) atoms. The van der Waals surface area contributed by atoms with Gasteiger partial charge in [0.05, 0.1) is 17.4 Å². The summed E-state index contributed by atoms with van der Waals surface area (Å²) in [5, 5.41) is 2.76. The number of pyridine rings is 1. The number of carbonyl (C=O) groups excluding carboxylic acids is 2. The number of nitrogens with two attached hydrogens (primary N) is 1. The lowest BCUT2D eigenvalue weighted by Crippen LogP contribution is -2.57. The van der Waals surface area contributed by atoms with Crippen LogP contribution in [0.5, 0.6) is 0 Å². The summed E-state index contributed by atoms with van der Waals surface area (Å²) in [6.45, 7) is 2.86. The molecule has 1 aliphatic heterocycles. The summed E-state index contributed by atoms with van der Waals surface area (Å²) in [5.74, 6) is -0.318. The van der Waals surface area contributed by atoms with Crippen LogP contribution < -0.4 is 11.1 Å². The van der Waals surface area contributed by atoms with Crippen molar-refractivity contribution < 1.29 is 9.59 Å². The van der Waals surface area contributed by atoms with Crippen molar-refractivity contribution >= 4 is 17.5 Å². The molecular weight excluding hydrogens is 232 g/mol. The van der Waals surface area contributed by atoms with Crippen LogP contribution in [0.25, 0.3) is 0 Å². The van der Waals surface area contributed by atoms with Gasteiger partial charge < -0.3 is 16.0 Å². The lowest BCUT2D eigenvalue weighted by Gasteiger charge is -2.34. The van der Waals surface area contributed by atoms with Gasteiger partial charge in [-0.05, 0) is 12.5 Å². The number of carbonyl (C=O) groups is 2. The molecule has 3 N–H and O–H groups in total. The summed E-state index contributed by atoms with van der Waals surface area (Å²) >= 11 is 0. The van der Waals surface area contributed by atoms with Crippen LogP contribution in [0.4, 0.5) is 5.69 Å². The van der Waals surface area contributed by atoms with Gasteiger partial charge in [0.25, 0.3) is 5.91 Å². The van der Waals surface area contributed by atoms with Crippen molar-refractivity contribution in [3.8, 4) is 0 Å². The SMILES string of the molecule is CCC1C(=O)NCCN1C(=O)c1ccncc1N. The molecule has 0 bridgehead atoms. The largest absolute Gasteiger partial charge is 0.397 e. The molecule has 2 rings (SSSR count). The second kappa shape index (κ2) is 5.03. The van der Waals surface area contributed by atoms with E-state index in [4.69, 9.17) is 5.73 Å². The maximum absolute atomic E-state index is 12.4. The molecule has 1 fully saturated rings. The maximum atomic E-state index is 12.4. The van der Waals surface area contributed by atoms with E-state index >= 15 is 0 Å². The van der Waals surface area contributed by atoms with E-state index in [1.807, 2.05) is 6.92 Å². The molecule has 0 aromatic carbocycles. The van der Waals surface area contributed by atoms with Crippen LogP contribution >= 0.6 is 0 Å². The van der Waals surface area contributed by atoms with Gasteiger partial charge in [-0.1, -0.05) is 6.92 Å². The number of piperazine rings is 1. The molecular formula is C12H16N4O2. The van der Waals surface area contributed by atoms with Gasteiger partial charge in [-0.2, -0.15) is 0 Å². The van der Waals surface area contributed by atoms with Crippen LogP contribution in [0.15, 0.2) is 18.5 Å². The fraction of sp³-hybridized carbons (Fsp3) is 0.417. The van der Waals surface area contributed by atoms with Gasteiger partial charge in [0.2, 0.25) is 5.91 Å². The van der Waals surface area contributed by atoms with Gasteiger partial charge in [-0.25, -0.2) is 0 Å². The van der Waals surface area contributed by atoms with E-state index in [1.54, 1.807) is 11.0 Å². The van der Waals surface area contributed by atoms with E-state index in [0.29, 0.717) is 30.8 Å². The Kier molecular flexibility index (Phi) is 3.45. The highest BCUT2D eigenvalue weighted by Gasteiger charge is 2.32. The average Bonchev–Trinajstić information content (AvgIpc) is 2.38. The number of nitrogen functional groups attached to an aromatic ring is 1. The number of hydrogen-bond acceptors (Lipinski definition) is 4. The first-order valence-corrected chi connectivity index (χ1v) is 5.93. The predicted molar refractivity (Wildman–Crippen MR) is 66.8 cm³/mol. The number of anilines is 1. The molecule has 0 spiro atoms. The topological polar surface area (TPSA) is 88.3 Å². The van der Waals surface area contributed by atoms with Crippen molar-refractivity contribution in [3.63, 3.8) is 0 Å². The highest BCUT2D eigenvalue weighted by atomic mass is 16.2. The zero-order chi connectivity index (χ0) is 13.1. The minimum absolute atomic E-state index is 0.107. The van der Waals surface area contributed by atoms with Crippen molar-refractivity contribution in [1.29, 1.82) is 0 Å². The van der Waals surface area contributed by atoms with Gasteiger partial charge in [-0.15, -0.1) is 0 Å². The second-order valence-corrected chi connectivity index (χ2v) is 4.18. The third-order valence-corrected chi connectivity index (χ3v) is 3.06. The Morgan fingerprint density at radius 2 is 2.44 bits per heavy atom. The van der Waals surface area contributed by atoms with Gasteiger partial charge in [-0.3, -0.25) is 14.6 Å². The smallest absolute Gasteiger partial charge is 0.256 e. The zero-order valence-corrected chi connectivity index (χ0v) is 10.2. The van der Waals surface area contributed by atoms with Gasteiger partial charge in [0, 0.05) is 19.3 Å². The summed E-state index contributed by atoms with van der Waals surface area (Å²) in [7, 11) is 0. The number of nitrogens with zero attached hydrogens (tertiary/aromatic N) is 2. The molecule has 1 aromatic rings. The molecule has 0 saturated carbocycles. The molecule has 1 aromatic heterocycles. The van der Waals surface area contributed by atoms with Crippen LogP contribution in [0.3, 0.4) is 0 Å². The van der Waals surface area contributed by atoms with Gasteiger partial charge in [0.1, 0.15) is 6.04 Å². The first-order chi connectivity index (χ1) is 8.65. The Labute approximate surface area is 105 Å². The normalized spacial score (nSPS) is 19.5. The van der Waals surface area contributed by atoms with E-state index < -0.39 is 6.04 Å². The summed E-state index contributed by atoms with van der Waals surface area (Å²) in [6.07, 6.45) is 3.55. The van der Waals surface area contributed by atoms with Crippen molar-refractivity contribution in [1.82, 2.24) is 15.2 Å². The van der Waals surface area contributed by atoms with Crippen molar-refractivity contribution in [2.75, 3.05) is 18.8 Å². The lowest BCUT2D eigenvalue weighted by atomic mass is 10.1. The first kappa shape index (κ1) is 12.3. The molecule has 1 saturated heterocycles. The Balaban J connectivity index is 2.27. The lowest BCUT2D eigenvalue weighted by molar-refractivity contribution is -0.127. The number of nitrogens with one attached hydrogen (secondary N) is 1. The van der Waals surface area contributed by atoms with Gasteiger partial charge in [0.15, 0.2) is 0 Å². The Bertz CT molecular complexity index is 475. The van der Waals surface area contributed by atoms with Gasteiger partial charge >= 0.3 is 0 Å². The number of aromatic nitrogens is 1. The summed E-state index contributed by atoms with van der Waals surface area (Å²) in [6, 6.07) is 1.16. The van der Waals surface area contributed by atoms with Crippen LogP contribution in [-0.2, 0) is 4.79 Å². The molecule has 2 heterocycles. The third-order valence-electron chi connectivity index (χ3n) is 3.06. The second-order valence-electron chi connectivity index (χ2n) is 4.18. The Morgan fingerprint density at radius 1 is 1.67 bits per heavy atom. The van der Waals surface area contributed by atoms with E-state index in [9.17, 15) is 9.59 Å². The molecule has 1 atom stereocenters. The summed E-state index contributed by atoms with van der Waals surface area (Å²) < 4.78 is 0. The predicted octanol–water partition coefficient (Wildman–Crippen LogP) is 0.0144. The van der Waals surface area contributed by atoms with Crippen molar-refractivity contribution in [3.05, 3.63) is 24.0 Å². The maximum Gasteiger partial charge on any atom is 0.256 e. The molecule has 0 aliphatic carbocycles. The monoisotopic (exact) mass is 248 g/mol. The standard InChI is InChI=1S/C12H16N4O2/c1-2-10-11(17)15-5-6-16(10)12(18)8-3-4-14-7-9(8)13/h3-4,7,10H,2,5-6,13H2,1H3,(H,15,17). The van der Waals surface area contributed by atoms with E-state index in [-0.39, 0.29) is 11.8 Å². The summed E-state index contributed by atoms with van der Waals surface area (Å²) in [4.78, 5) is 29.5. The molecule has 96 valence electrons. The van der Waals surface area contributed by atoms with Crippen LogP contribution in [0, 0.1) is 0 Å². The Hall–Kier alpha value is -2.11. The molecule has 6 heteroatoms.